The molecule has 1 aromatic carbocycles. The number of hydrogen-bond acceptors (Lipinski definition) is 5. The summed E-state index contributed by atoms with van der Waals surface area (Å²) in [7, 11) is 1.44. The van der Waals surface area contributed by atoms with Gasteiger partial charge in [0.05, 0.1) is 16.2 Å². The van der Waals surface area contributed by atoms with Crippen molar-refractivity contribution < 1.29 is 14.1 Å². The maximum atomic E-state index is 13.5. The molecule has 0 spiro atoms. The van der Waals surface area contributed by atoms with Crippen LogP contribution in [0.1, 0.15) is 16.1 Å². The van der Waals surface area contributed by atoms with Crippen molar-refractivity contribution in [2.75, 3.05) is 0 Å². The Balaban J connectivity index is 2.17. The third kappa shape index (κ3) is 3.26. The fraction of sp³-hybridized carbons (Fsp3) is 0.0833. The quantitative estimate of drug-likeness (QED) is 0.526. The minimum Gasteiger partial charge on any atom is -0.268 e. The minimum absolute atomic E-state index is 0.0139. The van der Waals surface area contributed by atoms with Crippen LogP contribution in [0.2, 0.25) is 5.02 Å². The van der Waals surface area contributed by atoms with Gasteiger partial charge in [0.25, 0.3) is 5.91 Å². The SMILES string of the molecule is Cn1cc([N+](=O)[O-])c(C(=O)N/N=C/c2c(F)cccc2Cl)n1. The van der Waals surface area contributed by atoms with Gasteiger partial charge in [-0.3, -0.25) is 19.6 Å². The lowest BCUT2D eigenvalue weighted by molar-refractivity contribution is -0.385. The van der Waals surface area contributed by atoms with Crippen LogP contribution < -0.4 is 5.43 Å². The monoisotopic (exact) mass is 325 g/mol. The molecule has 1 N–H and O–H groups in total. The van der Waals surface area contributed by atoms with Gasteiger partial charge in [-0.1, -0.05) is 17.7 Å². The van der Waals surface area contributed by atoms with Gasteiger partial charge in [-0.25, -0.2) is 9.82 Å². The van der Waals surface area contributed by atoms with E-state index >= 15 is 0 Å². The predicted molar refractivity (Wildman–Crippen MR) is 76.3 cm³/mol. The number of aryl methyl sites for hydroxylation is 1. The molecule has 1 heterocycles. The number of hydrogen-bond donors (Lipinski definition) is 1. The molecule has 1 amide bonds. The first kappa shape index (κ1) is 15.6. The molecule has 22 heavy (non-hydrogen) atoms. The highest BCUT2D eigenvalue weighted by molar-refractivity contribution is 6.33. The van der Waals surface area contributed by atoms with E-state index in [0.29, 0.717) is 0 Å². The van der Waals surface area contributed by atoms with Crippen molar-refractivity contribution in [3.63, 3.8) is 0 Å². The van der Waals surface area contributed by atoms with Gasteiger partial charge in [-0.05, 0) is 12.1 Å². The van der Waals surface area contributed by atoms with E-state index in [4.69, 9.17) is 11.6 Å². The average Bonchev–Trinajstić information content (AvgIpc) is 2.84. The molecule has 0 saturated carbocycles. The summed E-state index contributed by atoms with van der Waals surface area (Å²) in [6.45, 7) is 0. The smallest absolute Gasteiger partial charge is 0.268 e. The van der Waals surface area contributed by atoms with E-state index in [1.54, 1.807) is 0 Å². The van der Waals surface area contributed by atoms with Crippen LogP contribution in [0, 0.1) is 15.9 Å². The third-order valence-corrected chi connectivity index (χ3v) is 2.91. The van der Waals surface area contributed by atoms with Crippen molar-refractivity contribution in [1.29, 1.82) is 0 Å². The number of benzene rings is 1. The third-order valence-electron chi connectivity index (χ3n) is 2.58. The number of nitro groups is 1. The molecular formula is C12H9ClFN5O3. The zero-order valence-electron chi connectivity index (χ0n) is 11.2. The molecule has 10 heteroatoms. The van der Waals surface area contributed by atoms with Crippen LogP contribution in [-0.4, -0.2) is 26.8 Å². The molecule has 2 aromatic rings. The molecule has 0 bridgehead atoms. The highest BCUT2D eigenvalue weighted by Gasteiger charge is 2.24. The van der Waals surface area contributed by atoms with Gasteiger partial charge in [0.2, 0.25) is 5.69 Å². The van der Waals surface area contributed by atoms with Crippen LogP contribution in [0.3, 0.4) is 0 Å². The van der Waals surface area contributed by atoms with E-state index in [-0.39, 0.29) is 10.6 Å². The maximum absolute atomic E-state index is 13.5. The van der Waals surface area contributed by atoms with Crippen LogP contribution >= 0.6 is 11.6 Å². The Morgan fingerprint density at radius 1 is 1.59 bits per heavy atom. The summed E-state index contributed by atoms with van der Waals surface area (Å²) in [6.07, 6.45) is 2.09. The number of carbonyl (C=O) groups is 1. The zero-order chi connectivity index (χ0) is 16.3. The van der Waals surface area contributed by atoms with Gasteiger partial charge in [0, 0.05) is 12.6 Å². The normalized spacial score (nSPS) is 10.9. The van der Waals surface area contributed by atoms with Gasteiger partial charge in [0.15, 0.2) is 0 Å². The zero-order valence-corrected chi connectivity index (χ0v) is 11.9. The fourth-order valence-electron chi connectivity index (χ4n) is 1.61. The van der Waals surface area contributed by atoms with Gasteiger partial charge in [-0.2, -0.15) is 10.2 Å². The van der Waals surface area contributed by atoms with Crippen LogP contribution in [-0.2, 0) is 7.05 Å². The average molecular weight is 326 g/mol. The summed E-state index contributed by atoms with van der Waals surface area (Å²) in [5, 5.41) is 18.1. The lowest BCUT2D eigenvalue weighted by Gasteiger charge is -1.99. The second kappa shape index (κ2) is 6.31. The standard InChI is InChI=1S/C12H9ClFN5O3/c1-18-6-10(19(21)22)11(17-18)12(20)16-15-5-7-8(13)3-2-4-9(7)14/h2-6H,1H3,(H,16,20)/b15-5+. The summed E-state index contributed by atoms with van der Waals surface area (Å²) < 4.78 is 14.6. The molecule has 0 fully saturated rings. The first-order valence-corrected chi connectivity index (χ1v) is 6.23. The van der Waals surface area contributed by atoms with Crippen LogP contribution in [0.5, 0.6) is 0 Å². The number of carbonyl (C=O) groups excluding carboxylic acids is 1. The van der Waals surface area contributed by atoms with E-state index in [1.165, 1.54) is 25.2 Å². The molecule has 0 atom stereocenters. The molecular weight excluding hydrogens is 317 g/mol. The first-order valence-electron chi connectivity index (χ1n) is 5.85. The molecule has 0 saturated heterocycles. The molecule has 0 aliphatic rings. The van der Waals surface area contributed by atoms with Gasteiger partial charge >= 0.3 is 5.69 Å². The predicted octanol–water partition coefficient (Wildman–Crippen LogP) is 1.88. The first-order chi connectivity index (χ1) is 10.4. The summed E-state index contributed by atoms with van der Waals surface area (Å²) in [6, 6.07) is 4.06. The largest absolute Gasteiger partial charge is 0.320 e. The van der Waals surface area contributed by atoms with Crippen molar-refractivity contribution >= 4 is 29.4 Å². The van der Waals surface area contributed by atoms with Crippen molar-refractivity contribution in [1.82, 2.24) is 15.2 Å². The second-order valence-electron chi connectivity index (χ2n) is 4.13. The van der Waals surface area contributed by atoms with Gasteiger partial charge < -0.3 is 0 Å². The summed E-state index contributed by atoms with van der Waals surface area (Å²) >= 11 is 5.78. The molecule has 0 aliphatic heterocycles. The lowest BCUT2D eigenvalue weighted by atomic mass is 10.2. The minimum atomic E-state index is -0.893. The van der Waals surface area contributed by atoms with Crippen molar-refractivity contribution in [3.05, 3.63) is 56.6 Å². The van der Waals surface area contributed by atoms with E-state index in [0.717, 1.165) is 17.1 Å². The Bertz CT molecular complexity index is 754. The van der Waals surface area contributed by atoms with Gasteiger partial charge in [-0.15, -0.1) is 0 Å². The van der Waals surface area contributed by atoms with Crippen molar-refractivity contribution in [3.8, 4) is 0 Å². The Kier molecular flexibility index (Phi) is 4.47. The van der Waals surface area contributed by atoms with Crippen molar-refractivity contribution in [2.24, 2.45) is 12.1 Å². The van der Waals surface area contributed by atoms with E-state index in [2.05, 4.69) is 10.2 Å². The van der Waals surface area contributed by atoms with Crippen molar-refractivity contribution in [2.45, 2.75) is 0 Å². The van der Waals surface area contributed by atoms with E-state index in [9.17, 15) is 19.3 Å². The molecule has 0 aliphatic carbocycles. The van der Waals surface area contributed by atoms with E-state index < -0.39 is 28.0 Å². The number of aromatic nitrogens is 2. The number of nitrogens with one attached hydrogen (secondary N) is 1. The molecule has 114 valence electrons. The van der Waals surface area contributed by atoms with Crippen LogP contribution in [0.25, 0.3) is 0 Å². The van der Waals surface area contributed by atoms with E-state index in [1.807, 2.05) is 5.43 Å². The Hall–Kier alpha value is -2.81. The van der Waals surface area contributed by atoms with Crippen LogP contribution in [0.15, 0.2) is 29.5 Å². The Morgan fingerprint density at radius 2 is 2.32 bits per heavy atom. The number of hydrazone groups is 1. The second-order valence-corrected chi connectivity index (χ2v) is 4.54. The highest BCUT2D eigenvalue weighted by atomic mass is 35.5. The Labute approximate surface area is 128 Å². The summed E-state index contributed by atoms with van der Waals surface area (Å²) in [5.41, 5.74) is 1.16. The lowest BCUT2D eigenvalue weighted by Crippen LogP contribution is -2.19. The summed E-state index contributed by atoms with van der Waals surface area (Å²) in [4.78, 5) is 21.9. The Morgan fingerprint density at radius 3 is 2.95 bits per heavy atom. The summed E-state index contributed by atoms with van der Waals surface area (Å²) in [5.74, 6) is -1.51. The molecule has 0 radical (unpaired) electrons. The molecule has 2 rings (SSSR count). The molecule has 0 unspecified atom stereocenters. The number of halogens is 2. The molecule has 8 nitrogen and oxygen atoms in total. The number of amides is 1. The van der Waals surface area contributed by atoms with Gasteiger partial charge in [0.1, 0.15) is 12.0 Å². The topological polar surface area (TPSA) is 102 Å². The number of rotatable bonds is 4. The number of nitrogens with zero attached hydrogens (tertiary/aromatic N) is 4. The maximum Gasteiger partial charge on any atom is 0.320 e. The fourth-order valence-corrected chi connectivity index (χ4v) is 1.83. The van der Waals surface area contributed by atoms with Crippen LogP contribution in [0.4, 0.5) is 10.1 Å². The molecule has 1 aromatic heterocycles. The highest BCUT2D eigenvalue weighted by Crippen LogP contribution is 2.17.